The molecule has 4 aromatic carbocycles. The highest BCUT2D eigenvalue weighted by atomic mass is 35.5. The number of aromatic hydroxyl groups is 1. The van der Waals surface area contributed by atoms with Crippen LogP contribution in [0.5, 0.6) is 11.5 Å². The fourth-order valence-electron chi connectivity index (χ4n) is 3.52. The Morgan fingerprint density at radius 1 is 0.738 bits per heavy atom. The molecule has 4 aromatic rings. The highest BCUT2D eigenvalue weighted by Crippen LogP contribution is 2.31. The molecule has 11 heteroatoms. The lowest BCUT2D eigenvalue weighted by molar-refractivity contribution is -0.137. The fraction of sp³-hybridized carbons (Fsp3) is 0.129. The molecule has 0 fully saturated rings. The number of aryl methyl sites for hydroxylation is 2. The number of halogens is 3. The van der Waals surface area contributed by atoms with Gasteiger partial charge in [-0.3, -0.25) is 4.79 Å². The Bertz CT molecular complexity index is 1510. The van der Waals surface area contributed by atoms with Gasteiger partial charge in [-0.2, -0.15) is 0 Å². The summed E-state index contributed by atoms with van der Waals surface area (Å²) in [5, 5.41) is 35.6. The van der Waals surface area contributed by atoms with Crippen LogP contribution in [0.3, 0.4) is 0 Å². The minimum absolute atomic E-state index is 0.0695. The third-order valence-corrected chi connectivity index (χ3v) is 6.24. The normalized spacial score (nSPS) is 10.1. The van der Waals surface area contributed by atoms with Crippen molar-refractivity contribution < 1.29 is 43.9 Å². The molecule has 220 valence electrons. The van der Waals surface area contributed by atoms with Gasteiger partial charge in [0.25, 0.3) is 0 Å². The lowest BCUT2D eigenvalue weighted by atomic mass is 9.90. The smallest absolute Gasteiger partial charge is 0.339 e. The number of methoxy groups -OCH3 is 1. The molecule has 0 radical (unpaired) electrons. The molecule has 0 amide bonds. The highest BCUT2D eigenvalue weighted by molar-refractivity contribution is 6.36. The maximum atomic E-state index is 12.8. The van der Waals surface area contributed by atoms with Crippen LogP contribution in [0.15, 0.2) is 78.9 Å². The molecule has 0 aromatic heterocycles. The van der Waals surface area contributed by atoms with E-state index in [9.17, 15) is 23.9 Å². The number of aromatic carboxylic acids is 2. The molecule has 0 bridgehead atoms. The first-order valence-corrected chi connectivity index (χ1v) is 12.8. The van der Waals surface area contributed by atoms with E-state index in [0.29, 0.717) is 5.75 Å². The van der Waals surface area contributed by atoms with E-state index in [-0.39, 0.29) is 21.2 Å². The molecular formula is C31H27Cl2FO8. The van der Waals surface area contributed by atoms with Gasteiger partial charge in [-0.25, -0.2) is 14.0 Å². The van der Waals surface area contributed by atoms with Gasteiger partial charge in [0.05, 0.1) is 17.7 Å². The van der Waals surface area contributed by atoms with Gasteiger partial charge < -0.3 is 25.2 Å². The predicted octanol–water partition coefficient (Wildman–Crippen LogP) is 7.45. The summed E-state index contributed by atoms with van der Waals surface area (Å²) in [6.07, 6.45) is 0. The second-order valence-electron chi connectivity index (χ2n) is 8.83. The molecule has 4 rings (SSSR count). The second-order valence-corrected chi connectivity index (χ2v) is 9.68. The number of ether oxygens (including phenoxy) is 1. The van der Waals surface area contributed by atoms with Gasteiger partial charge in [-0.15, -0.1) is 0 Å². The monoisotopic (exact) mass is 616 g/mol. The van der Waals surface area contributed by atoms with Crippen molar-refractivity contribution in [1.82, 2.24) is 0 Å². The van der Waals surface area contributed by atoms with Crippen LogP contribution in [0.4, 0.5) is 4.39 Å². The third kappa shape index (κ3) is 9.50. The number of carboxylic acids is 3. The molecule has 0 aliphatic rings. The Balaban J connectivity index is 0.000000228. The minimum Gasteiger partial charge on any atom is -0.505 e. The molecule has 0 heterocycles. The van der Waals surface area contributed by atoms with E-state index < -0.39 is 35.4 Å². The molecule has 0 unspecified atom stereocenters. The predicted molar refractivity (Wildman–Crippen MR) is 157 cm³/mol. The van der Waals surface area contributed by atoms with Gasteiger partial charge in [-0.1, -0.05) is 82.9 Å². The summed E-state index contributed by atoms with van der Waals surface area (Å²) in [6.45, 7) is 3.98. The average molecular weight is 617 g/mol. The second kappa shape index (κ2) is 15.4. The van der Waals surface area contributed by atoms with Crippen molar-refractivity contribution in [2.24, 2.45) is 0 Å². The maximum absolute atomic E-state index is 12.8. The number of phenols is 1. The zero-order chi connectivity index (χ0) is 31.6. The van der Waals surface area contributed by atoms with E-state index in [1.165, 1.54) is 19.2 Å². The fourth-order valence-corrected chi connectivity index (χ4v) is 4.01. The van der Waals surface area contributed by atoms with E-state index in [1.807, 2.05) is 62.4 Å². The summed E-state index contributed by atoms with van der Waals surface area (Å²) in [5.74, 6) is -4.91. The van der Waals surface area contributed by atoms with Crippen LogP contribution in [-0.2, 0) is 4.79 Å². The van der Waals surface area contributed by atoms with Gasteiger partial charge in [0.15, 0.2) is 0 Å². The molecule has 0 aliphatic heterocycles. The number of hydrogen-bond acceptors (Lipinski definition) is 5. The summed E-state index contributed by atoms with van der Waals surface area (Å²) in [5.41, 5.74) is 3.25. The summed E-state index contributed by atoms with van der Waals surface area (Å²) in [4.78, 5) is 32.3. The Morgan fingerprint density at radius 3 is 1.60 bits per heavy atom. The first-order valence-electron chi connectivity index (χ1n) is 12.1. The van der Waals surface area contributed by atoms with Crippen LogP contribution in [0.25, 0.3) is 0 Å². The van der Waals surface area contributed by atoms with Gasteiger partial charge in [-0.05, 0) is 49.2 Å². The molecular weight excluding hydrogens is 590 g/mol. The topological polar surface area (TPSA) is 141 Å². The number of benzene rings is 4. The quantitative estimate of drug-likeness (QED) is 0.175. The maximum Gasteiger partial charge on any atom is 0.339 e. The van der Waals surface area contributed by atoms with Crippen LogP contribution < -0.4 is 4.74 Å². The van der Waals surface area contributed by atoms with Crippen molar-refractivity contribution >= 4 is 41.1 Å². The van der Waals surface area contributed by atoms with E-state index in [2.05, 4.69) is 0 Å². The Hall–Kier alpha value is -4.60. The SMILES string of the molecule is COc1ccc(C(=O)O)c(F)c1.Cc1ccc(C(C(=O)O)c2ccc(C)cc2)cc1.O=C(O)c1cc(Cl)cc(Cl)c1O. The van der Waals surface area contributed by atoms with Gasteiger partial charge in [0, 0.05) is 11.1 Å². The van der Waals surface area contributed by atoms with Crippen molar-refractivity contribution in [1.29, 1.82) is 0 Å². The summed E-state index contributed by atoms with van der Waals surface area (Å²) in [7, 11) is 1.38. The lowest BCUT2D eigenvalue weighted by Gasteiger charge is -2.13. The Labute approximate surface area is 251 Å². The van der Waals surface area contributed by atoms with E-state index >= 15 is 0 Å². The average Bonchev–Trinajstić information content (AvgIpc) is 2.93. The van der Waals surface area contributed by atoms with Crippen molar-refractivity contribution in [3.63, 3.8) is 0 Å². The molecule has 0 saturated carbocycles. The van der Waals surface area contributed by atoms with Gasteiger partial charge in [0.1, 0.15) is 28.8 Å². The number of rotatable bonds is 6. The Kier molecular flexibility index (Phi) is 12.3. The summed E-state index contributed by atoms with van der Waals surface area (Å²) < 4.78 is 17.5. The molecule has 0 aliphatic carbocycles. The number of hydrogen-bond donors (Lipinski definition) is 4. The van der Waals surface area contributed by atoms with Crippen LogP contribution in [0.2, 0.25) is 10.0 Å². The van der Waals surface area contributed by atoms with E-state index in [1.54, 1.807) is 0 Å². The van der Waals surface area contributed by atoms with E-state index in [4.69, 9.17) is 43.3 Å². The van der Waals surface area contributed by atoms with E-state index in [0.717, 1.165) is 40.5 Å². The minimum atomic E-state index is -1.28. The van der Waals surface area contributed by atoms with Gasteiger partial charge in [0.2, 0.25) is 0 Å². The molecule has 4 N–H and O–H groups in total. The molecule has 42 heavy (non-hydrogen) atoms. The first-order chi connectivity index (χ1) is 19.7. The third-order valence-electron chi connectivity index (χ3n) is 5.73. The lowest BCUT2D eigenvalue weighted by Crippen LogP contribution is -2.13. The van der Waals surface area contributed by atoms with Crippen molar-refractivity contribution in [3.05, 3.63) is 128 Å². The number of aliphatic carboxylic acids is 1. The van der Waals surface area contributed by atoms with Crippen LogP contribution in [0.1, 0.15) is 48.9 Å². The highest BCUT2D eigenvalue weighted by Gasteiger charge is 2.21. The summed E-state index contributed by atoms with van der Waals surface area (Å²) in [6, 6.07) is 21.3. The number of carbonyl (C=O) groups is 3. The van der Waals surface area contributed by atoms with Crippen molar-refractivity contribution in [2.75, 3.05) is 7.11 Å². The zero-order valence-corrected chi connectivity index (χ0v) is 24.2. The van der Waals surface area contributed by atoms with Gasteiger partial charge >= 0.3 is 17.9 Å². The zero-order valence-electron chi connectivity index (χ0n) is 22.6. The Morgan fingerprint density at radius 2 is 1.21 bits per heavy atom. The molecule has 0 spiro atoms. The van der Waals surface area contributed by atoms with Crippen molar-refractivity contribution in [2.45, 2.75) is 19.8 Å². The largest absolute Gasteiger partial charge is 0.505 e. The number of carboxylic acid groups (broad SMARTS) is 3. The molecule has 0 atom stereocenters. The van der Waals surface area contributed by atoms with Crippen molar-refractivity contribution in [3.8, 4) is 11.5 Å². The van der Waals surface area contributed by atoms with Crippen LogP contribution >= 0.6 is 23.2 Å². The first kappa shape index (κ1) is 33.6. The molecule has 0 saturated heterocycles. The summed E-state index contributed by atoms with van der Waals surface area (Å²) >= 11 is 11.0. The standard InChI is InChI=1S/C16H16O2.C8H7FO3.C7H4Cl2O3/c1-11-3-7-13(8-4-11)15(16(17)18)14-9-5-12(2)6-10-14;1-12-5-2-3-6(8(10)11)7(9)4-5;8-3-1-4(7(11)12)6(10)5(9)2-3/h3-10,15H,1-2H3,(H,17,18);2-4H,1H3,(H,10,11);1-2,10H,(H,11,12). The molecule has 8 nitrogen and oxygen atoms in total. The van der Waals surface area contributed by atoms with Crippen LogP contribution in [-0.4, -0.2) is 45.4 Å². The van der Waals surface area contributed by atoms with Crippen LogP contribution in [0, 0.1) is 19.7 Å².